The van der Waals surface area contributed by atoms with Gasteiger partial charge in [-0.2, -0.15) is 0 Å². The second-order valence-electron chi connectivity index (χ2n) is 5.30. The van der Waals surface area contributed by atoms with Crippen LogP contribution >= 0.6 is 15.9 Å². The highest BCUT2D eigenvalue weighted by Crippen LogP contribution is 2.31. The third kappa shape index (κ3) is 3.03. The number of carbonyl (C=O) groups excluding carboxylic acids is 3. The molecule has 0 aliphatic carbocycles. The number of nitrogens with zero attached hydrogens (tertiary/aromatic N) is 1. The molecule has 1 N–H and O–H groups in total. The van der Waals surface area contributed by atoms with E-state index >= 15 is 0 Å². The van der Waals surface area contributed by atoms with Crippen molar-refractivity contribution in [1.82, 2.24) is 0 Å². The Kier molecular flexibility index (Phi) is 4.00. The second-order valence-corrected chi connectivity index (χ2v) is 6.21. The fourth-order valence-corrected chi connectivity index (χ4v) is 2.77. The zero-order valence-corrected chi connectivity index (χ0v) is 13.9. The molecule has 6 heteroatoms. The van der Waals surface area contributed by atoms with E-state index < -0.39 is 11.7 Å². The Morgan fingerprint density at radius 1 is 1.13 bits per heavy atom. The highest BCUT2D eigenvalue weighted by molar-refractivity contribution is 9.10. The minimum absolute atomic E-state index is 0.201. The fourth-order valence-electron chi connectivity index (χ4n) is 2.41. The molecule has 0 spiro atoms. The van der Waals surface area contributed by atoms with Gasteiger partial charge in [0.1, 0.15) is 6.54 Å². The van der Waals surface area contributed by atoms with Crippen LogP contribution in [-0.2, 0) is 9.59 Å². The van der Waals surface area contributed by atoms with Crippen molar-refractivity contribution in [2.24, 2.45) is 0 Å². The maximum absolute atomic E-state index is 12.2. The molecule has 0 saturated carbocycles. The van der Waals surface area contributed by atoms with Gasteiger partial charge in [-0.15, -0.1) is 0 Å². The molecule has 2 aromatic carbocycles. The van der Waals surface area contributed by atoms with Gasteiger partial charge in [0.2, 0.25) is 5.91 Å². The quantitative estimate of drug-likeness (QED) is 0.842. The van der Waals surface area contributed by atoms with Gasteiger partial charge in [0.15, 0.2) is 0 Å². The number of benzene rings is 2. The van der Waals surface area contributed by atoms with Gasteiger partial charge >= 0.3 is 0 Å². The molecule has 0 bridgehead atoms. The molecule has 2 aromatic rings. The number of carbonyl (C=O) groups is 3. The van der Waals surface area contributed by atoms with E-state index in [1.165, 1.54) is 4.90 Å². The van der Waals surface area contributed by atoms with Crippen molar-refractivity contribution < 1.29 is 14.4 Å². The van der Waals surface area contributed by atoms with Crippen LogP contribution < -0.4 is 10.2 Å². The molecule has 116 valence electrons. The largest absolute Gasteiger partial charge is 0.325 e. The summed E-state index contributed by atoms with van der Waals surface area (Å²) >= 11 is 3.27. The van der Waals surface area contributed by atoms with Crippen LogP contribution in [0.5, 0.6) is 0 Å². The minimum atomic E-state index is -0.683. The number of fused-ring (bicyclic) bond motifs is 1. The zero-order chi connectivity index (χ0) is 16.6. The molecule has 5 nitrogen and oxygen atoms in total. The molecule has 23 heavy (non-hydrogen) atoms. The van der Waals surface area contributed by atoms with Crippen LogP contribution in [0.15, 0.2) is 46.9 Å². The summed E-state index contributed by atoms with van der Waals surface area (Å²) < 4.78 is 0.711. The first-order valence-corrected chi connectivity index (χ1v) is 7.77. The van der Waals surface area contributed by atoms with Crippen molar-refractivity contribution in [1.29, 1.82) is 0 Å². The van der Waals surface area contributed by atoms with Gasteiger partial charge in [-0.1, -0.05) is 33.6 Å². The Morgan fingerprint density at radius 2 is 1.83 bits per heavy atom. The Bertz CT molecular complexity index is 815. The summed E-state index contributed by atoms with van der Waals surface area (Å²) in [7, 11) is 0. The molecule has 1 aliphatic heterocycles. The van der Waals surface area contributed by atoms with Crippen molar-refractivity contribution in [3.05, 3.63) is 58.1 Å². The van der Waals surface area contributed by atoms with Crippen LogP contribution in [0.1, 0.15) is 15.9 Å². The van der Waals surface area contributed by atoms with Gasteiger partial charge in [0, 0.05) is 10.2 Å². The number of anilines is 2. The van der Waals surface area contributed by atoms with Crippen LogP contribution in [0, 0.1) is 6.92 Å². The third-order valence-corrected chi connectivity index (χ3v) is 4.06. The van der Waals surface area contributed by atoms with Crippen LogP contribution in [-0.4, -0.2) is 24.1 Å². The lowest BCUT2D eigenvalue weighted by atomic mass is 10.1. The van der Waals surface area contributed by atoms with Gasteiger partial charge in [-0.3, -0.25) is 19.3 Å². The van der Waals surface area contributed by atoms with Crippen LogP contribution in [0.25, 0.3) is 0 Å². The molecule has 0 fully saturated rings. The zero-order valence-electron chi connectivity index (χ0n) is 12.3. The first kappa shape index (κ1) is 15.4. The Balaban J connectivity index is 1.78. The van der Waals surface area contributed by atoms with Crippen LogP contribution in [0.3, 0.4) is 0 Å². The molecular formula is C17H13BrN2O3. The predicted octanol–water partition coefficient (Wildman–Crippen LogP) is 2.93. The third-order valence-electron chi connectivity index (χ3n) is 3.57. The van der Waals surface area contributed by atoms with Gasteiger partial charge < -0.3 is 5.32 Å². The first-order chi connectivity index (χ1) is 11.0. The van der Waals surface area contributed by atoms with E-state index in [0.717, 1.165) is 5.56 Å². The van der Waals surface area contributed by atoms with Crippen molar-refractivity contribution in [2.75, 3.05) is 16.8 Å². The first-order valence-electron chi connectivity index (χ1n) is 6.98. The van der Waals surface area contributed by atoms with Crippen molar-refractivity contribution in [2.45, 2.75) is 6.92 Å². The maximum Gasteiger partial charge on any atom is 0.299 e. The second kappa shape index (κ2) is 5.96. The number of amides is 2. The van der Waals surface area contributed by atoms with E-state index in [2.05, 4.69) is 21.2 Å². The molecule has 0 radical (unpaired) electrons. The van der Waals surface area contributed by atoms with Crippen LogP contribution in [0.4, 0.5) is 11.4 Å². The summed E-state index contributed by atoms with van der Waals surface area (Å²) in [5, 5.41) is 2.72. The fraction of sp³-hybridized carbons (Fsp3) is 0.118. The van der Waals surface area contributed by atoms with Gasteiger partial charge in [-0.25, -0.2) is 0 Å². The van der Waals surface area contributed by atoms with E-state index in [9.17, 15) is 14.4 Å². The SMILES string of the molecule is Cc1ccc(NC(=O)CN2C(=O)C(=O)c3cc(Br)ccc32)cc1. The molecule has 1 aliphatic rings. The number of ketones is 1. The Morgan fingerprint density at radius 3 is 2.52 bits per heavy atom. The van der Waals surface area contributed by atoms with E-state index in [0.29, 0.717) is 21.4 Å². The van der Waals surface area contributed by atoms with Crippen molar-refractivity contribution in [3.63, 3.8) is 0 Å². The van der Waals surface area contributed by atoms with Gasteiger partial charge in [0.25, 0.3) is 11.7 Å². The average Bonchev–Trinajstić information content (AvgIpc) is 2.74. The summed E-state index contributed by atoms with van der Waals surface area (Å²) in [5.74, 6) is -1.63. The molecule has 0 saturated heterocycles. The lowest BCUT2D eigenvalue weighted by Crippen LogP contribution is -2.37. The maximum atomic E-state index is 12.2. The molecular weight excluding hydrogens is 360 g/mol. The number of nitrogens with one attached hydrogen (secondary N) is 1. The van der Waals surface area contributed by atoms with E-state index in [1.54, 1.807) is 30.3 Å². The summed E-state index contributed by atoms with van der Waals surface area (Å²) in [5.41, 5.74) is 2.51. The number of rotatable bonds is 3. The lowest BCUT2D eigenvalue weighted by Gasteiger charge is -2.16. The number of hydrogen-bond donors (Lipinski definition) is 1. The molecule has 0 unspecified atom stereocenters. The summed E-state index contributed by atoms with van der Waals surface area (Å²) in [6.45, 7) is 1.75. The normalized spacial score (nSPS) is 13.2. The van der Waals surface area contributed by atoms with Crippen LogP contribution in [0.2, 0.25) is 0 Å². The topological polar surface area (TPSA) is 66.5 Å². The van der Waals surface area contributed by atoms with Crippen molar-refractivity contribution in [3.8, 4) is 0 Å². The highest BCUT2D eigenvalue weighted by atomic mass is 79.9. The highest BCUT2D eigenvalue weighted by Gasteiger charge is 2.36. The molecule has 1 heterocycles. The van der Waals surface area contributed by atoms with E-state index in [4.69, 9.17) is 0 Å². The molecule has 0 aromatic heterocycles. The summed E-state index contributed by atoms with van der Waals surface area (Å²) in [6.07, 6.45) is 0. The smallest absolute Gasteiger partial charge is 0.299 e. The number of halogens is 1. The number of hydrogen-bond acceptors (Lipinski definition) is 3. The average molecular weight is 373 g/mol. The summed E-state index contributed by atoms with van der Waals surface area (Å²) in [6, 6.07) is 12.3. The minimum Gasteiger partial charge on any atom is -0.325 e. The van der Waals surface area contributed by atoms with E-state index in [-0.39, 0.29) is 12.5 Å². The molecule has 2 amide bonds. The number of aryl methyl sites for hydroxylation is 1. The molecule has 3 rings (SSSR count). The van der Waals surface area contributed by atoms with E-state index in [1.807, 2.05) is 19.1 Å². The Labute approximate surface area is 141 Å². The van der Waals surface area contributed by atoms with Gasteiger partial charge in [0.05, 0.1) is 11.3 Å². The summed E-state index contributed by atoms with van der Waals surface area (Å²) in [4.78, 5) is 37.4. The van der Waals surface area contributed by atoms with Gasteiger partial charge in [-0.05, 0) is 37.3 Å². The van der Waals surface area contributed by atoms with Crippen molar-refractivity contribution >= 4 is 44.9 Å². The number of Topliss-reactive ketones (excluding diaryl/α,β-unsaturated/α-hetero) is 1. The molecule has 0 atom stereocenters. The monoisotopic (exact) mass is 372 g/mol. The predicted molar refractivity (Wildman–Crippen MR) is 90.6 cm³/mol. The lowest BCUT2D eigenvalue weighted by molar-refractivity contribution is -0.118. The Hall–Kier alpha value is -2.47. The standard InChI is InChI=1S/C17H13BrN2O3/c1-10-2-5-12(6-3-10)19-15(21)9-20-14-7-4-11(18)8-13(14)16(22)17(20)23/h2-8H,9H2,1H3,(H,19,21).